The van der Waals surface area contributed by atoms with Gasteiger partial charge in [0, 0.05) is 31.3 Å². The molecule has 35 heavy (non-hydrogen) atoms. The van der Waals surface area contributed by atoms with Gasteiger partial charge in [-0.3, -0.25) is 4.79 Å². The number of sulfonamides is 1. The smallest absolute Gasteiger partial charge is 0.323 e. The quantitative estimate of drug-likeness (QED) is 0.455. The number of hydrogen-bond donors (Lipinski definition) is 3. The lowest BCUT2D eigenvalue weighted by atomic mass is 10.0. The topological polar surface area (TPSA) is 113 Å². The molecule has 3 N–H and O–H groups in total. The van der Waals surface area contributed by atoms with Gasteiger partial charge in [-0.1, -0.05) is 11.6 Å². The number of benzene rings is 1. The van der Waals surface area contributed by atoms with Crippen molar-refractivity contribution in [2.45, 2.75) is 29.8 Å². The van der Waals surface area contributed by atoms with Gasteiger partial charge in [0.2, 0.25) is 5.95 Å². The van der Waals surface area contributed by atoms with Crippen LogP contribution in [-0.2, 0) is 29.2 Å². The van der Waals surface area contributed by atoms with Crippen LogP contribution in [0.1, 0.15) is 33.5 Å². The van der Waals surface area contributed by atoms with E-state index in [2.05, 4.69) is 25.3 Å². The Bertz CT molecular complexity index is 1460. The minimum Gasteiger partial charge on any atom is -0.323 e. The van der Waals surface area contributed by atoms with Gasteiger partial charge in [0.25, 0.3) is 10.0 Å². The van der Waals surface area contributed by atoms with Crippen molar-refractivity contribution in [3.05, 3.63) is 51.7 Å². The zero-order valence-corrected chi connectivity index (χ0v) is 20.2. The summed E-state index contributed by atoms with van der Waals surface area (Å²) in [5.41, 5.74) is 0.667. The summed E-state index contributed by atoms with van der Waals surface area (Å²) in [7, 11) is -4.04. The van der Waals surface area contributed by atoms with Crippen LogP contribution in [0.2, 0.25) is 5.02 Å². The van der Waals surface area contributed by atoms with Crippen LogP contribution in [-0.4, -0.2) is 37.3 Å². The Morgan fingerprint density at radius 2 is 1.91 bits per heavy atom. The van der Waals surface area contributed by atoms with Gasteiger partial charge >= 0.3 is 6.18 Å². The van der Waals surface area contributed by atoms with E-state index in [-0.39, 0.29) is 33.6 Å². The molecule has 4 heterocycles. The highest BCUT2D eigenvalue weighted by Crippen LogP contribution is 2.42. The Kier molecular flexibility index (Phi) is 6.08. The molecule has 1 aromatic carbocycles. The summed E-state index contributed by atoms with van der Waals surface area (Å²) in [4.78, 5) is 20.2. The number of carbonyl (C=O) groups is 1. The number of carbonyl (C=O) groups excluding carboxylic acids is 1. The molecule has 8 nitrogen and oxygen atoms in total. The van der Waals surface area contributed by atoms with Crippen LogP contribution in [0.25, 0.3) is 10.6 Å². The van der Waals surface area contributed by atoms with Crippen LogP contribution in [0.15, 0.2) is 28.6 Å². The summed E-state index contributed by atoms with van der Waals surface area (Å²) in [6, 6.07) is 4.73. The van der Waals surface area contributed by atoms with Crippen molar-refractivity contribution < 1.29 is 26.4 Å². The predicted molar refractivity (Wildman–Crippen MR) is 125 cm³/mol. The van der Waals surface area contributed by atoms with Gasteiger partial charge in [0.05, 0.1) is 21.3 Å². The summed E-state index contributed by atoms with van der Waals surface area (Å²) in [6.45, 7) is 1.37. The van der Waals surface area contributed by atoms with Crippen molar-refractivity contribution in [2.75, 3.05) is 18.4 Å². The van der Waals surface area contributed by atoms with Gasteiger partial charge in [-0.2, -0.15) is 13.2 Å². The molecule has 14 heteroatoms. The van der Waals surface area contributed by atoms with Crippen LogP contribution < -0.4 is 15.4 Å². The molecule has 0 fully saturated rings. The molecular formula is C21H17ClF3N5O3S2. The molecule has 0 radical (unpaired) electrons. The third kappa shape index (κ3) is 4.66. The number of nitrogens with zero attached hydrogens (tertiary/aromatic N) is 2. The van der Waals surface area contributed by atoms with Crippen molar-refractivity contribution in [3.63, 3.8) is 0 Å². The van der Waals surface area contributed by atoms with E-state index >= 15 is 0 Å². The summed E-state index contributed by atoms with van der Waals surface area (Å²) in [6.07, 6.45) is -3.53. The maximum absolute atomic E-state index is 13.8. The van der Waals surface area contributed by atoms with Crippen LogP contribution in [0, 0.1) is 0 Å². The summed E-state index contributed by atoms with van der Waals surface area (Å²) < 4.78 is 68.3. The lowest BCUT2D eigenvalue weighted by Crippen LogP contribution is -2.23. The number of aromatic nitrogens is 2. The summed E-state index contributed by atoms with van der Waals surface area (Å²) >= 11 is 6.93. The first-order chi connectivity index (χ1) is 16.5. The first-order valence-corrected chi connectivity index (χ1v) is 13.1. The number of halogens is 4. The second-order valence-electron chi connectivity index (χ2n) is 7.99. The molecule has 0 unspecified atom stereocenters. The third-order valence-corrected chi connectivity index (χ3v) is 9.09. The predicted octanol–water partition coefficient (Wildman–Crippen LogP) is 4.13. The lowest BCUT2D eigenvalue weighted by Gasteiger charge is -2.19. The Labute approximate surface area is 207 Å². The van der Waals surface area contributed by atoms with Crippen molar-refractivity contribution in [3.8, 4) is 10.6 Å². The molecule has 0 amide bonds. The fraction of sp³-hybridized carbons (Fsp3) is 0.286. The Balaban J connectivity index is 1.60. The average Bonchev–Trinajstić information content (AvgIpc) is 3.21. The number of rotatable bonds is 3. The van der Waals surface area contributed by atoms with E-state index in [0.29, 0.717) is 34.8 Å². The van der Waals surface area contributed by atoms with E-state index in [4.69, 9.17) is 11.6 Å². The summed E-state index contributed by atoms with van der Waals surface area (Å²) in [5.74, 6) is -0.632. The molecule has 5 rings (SSSR count). The average molecular weight is 544 g/mol. The Hall–Kier alpha value is -2.58. The van der Waals surface area contributed by atoms with Crippen LogP contribution >= 0.6 is 22.9 Å². The van der Waals surface area contributed by atoms with Gasteiger partial charge in [-0.25, -0.2) is 23.1 Å². The Morgan fingerprint density at radius 3 is 2.69 bits per heavy atom. The number of anilines is 2. The maximum Gasteiger partial charge on any atom is 0.420 e. The van der Waals surface area contributed by atoms with E-state index in [1.54, 1.807) is 6.07 Å². The molecule has 0 saturated carbocycles. The van der Waals surface area contributed by atoms with Gasteiger partial charge in [0.1, 0.15) is 9.77 Å². The molecule has 0 atom stereocenters. The highest BCUT2D eigenvalue weighted by atomic mass is 35.5. The zero-order valence-electron chi connectivity index (χ0n) is 17.8. The molecule has 0 spiro atoms. The first kappa shape index (κ1) is 24.1. The molecule has 0 bridgehead atoms. The number of Topliss-reactive ketones (excluding diaryl/α,β-unsaturated/α-hetero) is 1. The number of ketones is 1. The monoisotopic (exact) mass is 543 g/mol. The number of alkyl halides is 3. The van der Waals surface area contributed by atoms with E-state index in [1.807, 2.05) is 6.07 Å². The van der Waals surface area contributed by atoms with Crippen LogP contribution in [0.4, 0.5) is 24.8 Å². The standard InChI is InChI=1S/C21H17ClF3N5O3S2/c22-14-5-11-8-26-3-1-10(11)6-15(14)29-20-27-9-13(21(23,24)25)18(30-20)17-7-12-16(31)2-4-28-35(32,33)19(12)34-17/h5-7,9,26,28H,1-4,8H2,(H,27,29,30). The maximum atomic E-state index is 13.8. The number of hydrogen-bond acceptors (Lipinski definition) is 8. The second-order valence-corrected chi connectivity index (χ2v) is 11.4. The van der Waals surface area contributed by atoms with Gasteiger partial charge < -0.3 is 10.6 Å². The largest absolute Gasteiger partial charge is 0.420 e. The van der Waals surface area contributed by atoms with E-state index in [9.17, 15) is 26.4 Å². The van der Waals surface area contributed by atoms with Crippen molar-refractivity contribution >= 4 is 50.4 Å². The molecule has 0 aliphatic carbocycles. The Morgan fingerprint density at radius 1 is 1.11 bits per heavy atom. The van der Waals surface area contributed by atoms with E-state index in [0.717, 1.165) is 30.2 Å². The van der Waals surface area contributed by atoms with Gasteiger partial charge in [-0.05, 0) is 42.3 Å². The fourth-order valence-electron chi connectivity index (χ4n) is 3.94. The van der Waals surface area contributed by atoms with E-state index < -0.39 is 33.2 Å². The van der Waals surface area contributed by atoms with Crippen molar-refractivity contribution in [2.24, 2.45) is 0 Å². The molecule has 184 valence electrons. The van der Waals surface area contributed by atoms with Crippen LogP contribution in [0.5, 0.6) is 0 Å². The minimum absolute atomic E-state index is 0.0785. The van der Waals surface area contributed by atoms with Gasteiger partial charge in [-0.15, -0.1) is 11.3 Å². The molecule has 2 aliphatic rings. The highest BCUT2D eigenvalue weighted by molar-refractivity contribution is 7.91. The first-order valence-electron chi connectivity index (χ1n) is 10.4. The second kappa shape index (κ2) is 8.82. The molecular weight excluding hydrogens is 527 g/mol. The lowest BCUT2D eigenvalue weighted by molar-refractivity contribution is -0.137. The highest BCUT2D eigenvalue weighted by Gasteiger charge is 2.37. The van der Waals surface area contributed by atoms with Crippen LogP contribution in [0.3, 0.4) is 0 Å². The number of fused-ring (bicyclic) bond motifs is 2. The molecule has 0 saturated heterocycles. The van der Waals surface area contributed by atoms with Gasteiger partial charge in [0.15, 0.2) is 5.78 Å². The van der Waals surface area contributed by atoms with Crippen molar-refractivity contribution in [1.82, 2.24) is 20.0 Å². The fourth-order valence-corrected chi connectivity index (χ4v) is 6.93. The SMILES string of the molecule is O=C1CCNS(=O)(=O)c2sc(-c3nc(Nc4cc5c(cc4Cl)CNCC5)ncc3C(F)(F)F)cc21. The zero-order chi connectivity index (χ0) is 25.0. The molecule has 3 aromatic rings. The van der Waals surface area contributed by atoms with E-state index in [1.165, 1.54) is 0 Å². The third-order valence-electron chi connectivity index (χ3n) is 5.64. The normalized spacial score (nSPS) is 17.4. The van der Waals surface area contributed by atoms with Crippen molar-refractivity contribution in [1.29, 1.82) is 0 Å². The minimum atomic E-state index is -4.81. The molecule has 2 aliphatic heterocycles. The summed E-state index contributed by atoms with van der Waals surface area (Å²) in [5, 5.41) is 6.46. The number of nitrogens with one attached hydrogen (secondary N) is 3. The number of thiophene rings is 1. The molecule has 2 aromatic heterocycles.